The van der Waals surface area contributed by atoms with E-state index in [9.17, 15) is 9.59 Å². The number of carbonyl (C=O) groups is 2. The molecule has 0 aromatic heterocycles. The van der Waals surface area contributed by atoms with Crippen molar-refractivity contribution in [1.82, 2.24) is 10.6 Å². The maximum Gasteiger partial charge on any atom is 0.257 e. The second-order valence-corrected chi connectivity index (χ2v) is 6.17. The van der Waals surface area contributed by atoms with E-state index in [0.717, 1.165) is 5.56 Å². The molecule has 0 saturated carbocycles. The Bertz CT molecular complexity index is 891. The fourth-order valence-corrected chi connectivity index (χ4v) is 2.82. The van der Waals surface area contributed by atoms with Gasteiger partial charge in [-0.3, -0.25) is 20.2 Å². The number of rotatable bonds is 4. The highest BCUT2D eigenvalue weighted by Gasteiger charge is 2.26. The molecular formula is C20H21N3O4. The summed E-state index contributed by atoms with van der Waals surface area (Å²) in [5.41, 5.74) is 2.26. The molecule has 7 nitrogen and oxygen atoms in total. The molecule has 27 heavy (non-hydrogen) atoms. The summed E-state index contributed by atoms with van der Waals surface area (Å²) in [6, 6.07) is 12.0. The van der Waals surface area contributed by atoms with E-state index < -0.39 is 6.04 Å². The first-order valence-electron chi connectivity index (χ1n) is 8.47. The van der Waals surface area contributed by atoms with Gasteiger partial charge in [0.25, 0.3) is 5.91 Å². The second kappa shape index (κ2) is 7.90. The maximum atomic E-state index is 12.4. The van der Waals surface area contributed by atoms with Crippen molar-refractivity contribution in [1.29, 1.82) is 0 Å². The number of hydrogen-bond donors (Lipinski definition) is 2. The van der Waals surface area contributed by atoms with Gasteiger partial charge in [0, 0.05) is 11.1 Å². The molecule has 0 radical (unpaired) electrons. The Balaban J connectivity index is 1.87. The number of ether oxygens (including phenoxy) is 2. The lowest BCUT2D eigenvalue weighted by atomic mass is 10.0. The normalized spacial score (nSPS) is 16.2. The number of carbonyl (C=O) groups excluding carboxylic acids is 2. The van der Waals surface area contributed by atoms with Crippen molar-refractivity contribution in [3.05, 3.63) is 59.2 Å². The van der Waals surface area contributed by atoms with E-state index in [1.54, 1.807) is 44.6 Å². The van der Waals surface area contributed by atoms with E-state index >= 15 is 0 Å². The third kappa shape index (κ3) is 4.25. The van der Waals surface area contributed by atoms with Crippen molar-refractivity contribution in [3.8, 4) is 11.5 Å². The summed E-state index contributed by atoms with van der Waals surface area (Å²) in [6.45, 7) is 1.94. The zero-order valence-electron chi connectivity index (χ0n) is 15.4. The molecular weight excluding hydrogens is 346 g/mol. The lowest BCUT2D eigenvalue weighted by molar-refractivity contribution is -0.120. The molecule has 0 unspecified atom stereocenters. The number of benzene rings is 2. The molecule has 0 bridgehead atoms. The van der Waals surface area contributed by atoms with Gasteiger partial charge in [-0.15, -0.1) is 0 Å². The summed E-state index contributed by atoms with van der Waals surface area (Å²) in [7, 11) is 3.12. The average molecular weight is 367 g/mol. The molecule has 140 valence electrons. The maximum absolute atomic E-state index is 12.4. The quantitative estimate of drug-likeness (QED) is 0.868. The van der Waals surface area contributed by atoms with Crippen molar-refractivity contribution in [2.75, 3.05) is 14.2 Å². The Labute approximate surface area is 157 Å². The van der Waals surface area contributed by atoms with Crippen molar-refractivity contribution in [2.45, 2.75) is 19.4 Å². The van der Waals surface area contributed by atoms with E-state index in [2.05, 4.69) is 15.6 Å². The molecule has 0 aliphatic carbocycles. The Morgan fingerprint density at radius 2 is 1.89 bits per heavy atom. The summed E-state index contributed by atoms with van der Waals surface area (Å²) in [6.07, 6.45) is 0.146. The van der Waals surface area contributed by atoms with E-state index in [0.29, 0.717) is 22.6 Å². The third-order valence-corrected chi connectivity index (χ3v) is 4.26. The second-order valence-electron chi connectivity index (χ2n) is 6.17. The van der Waals surface area contributed by atoms with Gasteiger partial charge in [-0.05, 0) is 37.3 Å². The first-order valence-corrected chi connectivity index (χ1v) is 8.47. The molecule has 1 aliphatic heterocycles. The number of methoxy groups -OCH3 is 2. The van der Waals surface area contributed by atoms with Crippen LogP contribution in [0.15, 0.2) is 47.5 Å². The molecule has 2 amide bonds. The highest BCUT2D eigenvalue weighted by Crippen LogP contribution is 2.34. The molecule has 2 aromatic carbocycles. The number of nitrogens with zero attached hydrogens (tertiary/aromatic N) is 1. The topological polar surface area (TPSA) is 89.0 Å². The highest BCUT2D eigenvalue weighted by molar-refractivity contribution is 6.10. The minimum absolute atomic E-state index is 0.117. The summed E-state index contributed by atoms with van der Waals surface area (Å²) in [4.78, 5) is 29.1. The zero-order chi connectivity index (χ0) is 19.4. The number of guanidine groups is 1. The van der Waals surface area contributed by atoms with Crippen molar-refractivity contribution < 1.29 is 19.1 Å². The van der Waals surface area contributed by atoms with Crippen LogP contribution < -0.4 is 20.1 Å². The van der Waals surface area contributed by atoms with Crippen LogP contribution in [0.4, 0.5) is 0 Å². The molecule has 2 aromatic rings. The van der Waals surface area contributed by atoms with Crippen LogP contribution >= 0.6 is 0 Å². The average Bonchev–Trinajstić information content (AvgIpc) is 2.67. The number of hydrogen-bond acceptors (Lipinski definition) is 5. The number of aryl methyl sites for hydroxylation is 1. The van der Waals surface area contributed by atoms with Gasteiger partial charge in [-0.1, -0.05) is 17.7 Å². The van der Waals surface area contributed by atoms with Crippen LogP contribution in [0, 0.1) is 6.92 Å². The molecule has 1 atom stereocenters. The van der Waals surface area contributed by atoms with Gasteiger partial charge in [0.1, 0.15) is 11.5 Å². The highest BCUT2D eigenvalue weighted by atomic mass is 16.5. The van der Waals surface area contributed by atoms with Gasteiger partial charge in [-0.2, -0.15) is 0 Å². The van der Waals surface area contributed by atoms with Crippen LogP contribution in [0.2, 0.25) is 0 Å². The van der Waals surface area contributed by atoms with E-state index in [4.69, 9.17) is 9.47 Å². The van der Waals surface area contributed by atoms with Gasteiger partial charge < -0.3 is 9.47 Å². The lowest BCUT2D eigenvalue weighted by Gasteiger charge is -2.23. The molecule has 2 N–H and O–H groups in total. The fourth-order valence-electron chi connectivity index (χ4n) is 2.82. The molecule has 1 aliphatic rings. The summed E-state index contributed by atoms with van der Waals surface area (Å²) in [5.74, 6) is 0.777. The van der Waals surface area contributed by atoms with Gasteiger partial charge >= 0.3 is 0 Å². The minimum atomic E-state index is -0.489. The van der Waals surface area contributed by atoms with Crippen LogP contribution in [0.5, 0.6) is 11.5 Å². The summed E-state index contributed by atoms with van der Waals surface area (Å²) >= 11 is 0. The standard InChI is InChI=1S/C20H21N3O4/c1-12-4-6-13(7-5-12)19(25)23-20-21-16(11-18(24)22-20)15-10-14(26-2)8-9-17(15)27-3/h4-10,16H,11H2,1-3H3,(H2,21,22,23,24,25)/t16-/m0/s1. The molecule has 0 spiro atoms. The van der Waals surface area contributed by atoms with Crippen molar-refractivity contribution in [3.63, 3.8) is 0 Å². The van der Waals surface area contributed by atoms with Crippen LogP contribution in [0.1, 0.15) is 33.9 Å². The Hall–Kier alpha value is -3.35. The van der Waals surface area contributed by atoms with E-state index in [-0.39, 0.29) is 24.2 Å². The number of aliphatic imine (C=N–C) groups is 1. The monoisotopic (exact) mass is 367 g/mol. The van der Waals surface area contributed by atoms with Crippen molar-refractivity contribution >= 4 is 17.8 Å². The molecule has 0 fully saturated rings. The zero-order valence-corrected chi connectivity index (χ0v) is 15.4. The fraction of sp³-hybridized carbons (Fsp3) is 0.250. The Kier molecular flexibility index (Phi) is 5.40. The first-order chi connectivity index (χ1) is 13.0. The summed E-state index contributed by atoms with van der Waals surface area (Å²) < 4.78 is 10.6. The molecule has 7 heteroatoms. The SMILES string of the molecule is COc1ccc(OC)c([C@@H]2CC(=O)NC(NC(=O)c3ccc(C)cc3)=N2)c1. The van der Waals surface area contributed by atoms with Gasteiger partial charge in [0.15, 0.2) is 0 Å². The van der Waals surface area contributed by atoms with Crippen LogP contribution in [0.25, 0.3) is 0 Å². The third-order valence-electron chi connectivity index (χ3n) is 4.26. The van der Waals surface area contributed by atoms with Crippen LogP contribution in [-0.2, 0) is 4.79 Å². The first kappa shape index (κ1) is 18.4. The smallest absolute Gasteiger partial charge is 0.257 e. The van der Waals surface area contributed by atoms with Crippen LogP contribution in [-0.4, -0.2) is 32.0 Å². The van der Waals surface area contributed by atoms with Gasteiger partial charge in [-0.25, -0.2) is 4.99 Å². The van der Waals surface area contributed by atoms with Gasteiger partial charge in [0.2, 0.25) is 11.9 Å². The van der Waals surface area contributed by atoms with Crippen LogP contribution in [0.3, 0.4) is 0 Å². The summed E-state index contributed by atoms with van der Waals surface area (Å²) in [5, 5.41) is 5.26. The Morgan fingerprint density at radius 1 is 1.15 bits per heavy atom. The Morgan fingerprint density at radius 3 is 2.56 bits per heavy atom. The molecule has 3 rings (SSSR count). The number of amides is 2. The lowest BCUT2D eigenvalue weighted by Crippen LogP contribution is -2.47. The predicted molar refractivity (Wildman–Crippen MR) is 101 cm³/mol. The number of nitrogens with one attached hydrogen (secondary N) is 2. The van der Waals surface area contributed by atoms with Gasteiger partial charge in [0.05, 0.1) is 26.7 Å². The van der Waals surface area contributed by atoms with E-state index in [1.807, 2.05) is 19.1 Å². The van der Waals surface area contributed by atoms with E-state index in [1.165, 1.54) is 0 Å². The molecule has 0 saturated heterocycles. The largest absolute Gasteiger partial charge is 0.497 e. The molecule has 1 heterocycles. The minimum Gasteiger partial charge on any atom is -0.497 e. The predicted octanol–water partition coefficient (Wildman–Crippen LogP) is 2.36. The van der Waals surface area contributed by atoms with Crippen molar-refractivity contribution in [2.24, 2.45) is 4.99 Å².